The number of rotatable bonds is 3. The molecule has 0 spiro atoms. The van der Waals surface area contributed by atoms with Crippen LogP contribution in [-0.2, 0) is 0 Å². The molecule has 0 saturated heterocycles. The maximum atomic E-state index is 6.33. The van der Waals surface area contributed by atoms with Gasteiger partial charge in [-0.15, -0.1) is 0 Å². The smallest absolute Gasteiger partial charge is 0.0727 e. The van der Waals surface area contributed by atoms with Crippen LogP contribution in [0.2, 0.25) is 5.02 Å². The lowest BCUT2D eigenvalue weighted by Crippen LogP contribution is -2.29. The lowest BCUT2D eigenvalue weighted by molar-refractivity contribution is 0.633. The van der Waals surface area contributed by atoms with Gasteiger partial charge in [-0.1, -0.05) is 39.7 Å². The quantitative estimate of drug-likeness (QED) is 0.626. The summed E-state index contributed by atoms with van der Waals surface area (Å²) in [5.74, 6) is 5.79. The standard InChI is InChI=1S/C16H18BrClN2/c1-9-6-11(3)13(7-10(9)2)16(20-19)14-8-12(17)4-5-15(14)18/h4-8,16,20H,19H2,1-3H3. The second-order valence-corrected chi connectivity index (χ2v) is 6.38. The number of halogens is 2. The first-order valence-corrected chi connectivity index (χ1v) is 7.60. The Hall–Kier alpha value is -0.870. The van der Waals surface area contributed by atoms with E-state index in [-0.39, 0.29) is 6.04 Å². The van der Waals surface area contributed by atoms with Crippen LogP contribution >= 0.6 is 27.5 Å². The Labute approximate surface area is 133 Å². The molecule has 0 aromatic heterocycles. The van der Waals surface area contributed by atoms with Gasteiger partial charge in [0.15, 0.2) is 0 Å². The Morgan fingerprint density at radius 3 is 2.30 bits per heavy atom. The fraction of sp³-hybridized carbons (Fsp3) is 0.250. The van der Waals surface area contributed by atoms with E-state index >= 15 is 0 Å². The summed E-state index contributed by atoms with van der Waals surface area (Å²) >= 11 is 9.81. The van der Waals surface area contributed by atoms with Crippen molar-refractivity contribution in [3.05, 3.63) is 67.6 Å². The Balaban J connectivity index is 2.58. The minimum absolute atomic E-state index is 0.126. The van der Waals surface area contributed by atoms with Gasteiger partial charge in [-0.3, -0.25) is 5.84 Å². The van der Waals surface area contributed by atoms with Gasteiger partial charge in [-0.05, 0) is 66.8 Å². The SMILES string of the molecule is Cc1cc(C)c(C(NN)c2cc(Br)ccc2Cl)cc1C. The molecule has 0 radical (unpaired) electrons. The third kappa shape index (κ3) is 3.07. The van der Waals surface area contributed by atoms with E-state index in [4.69, 9.17) is 17.4 Å². The van der Waals surface area contributed by atoms with E-state index < -0.39 is 0 Å². The van der Waals surface area contributed by atoms with Crippen LogP contribution in [-0.4, -0.2) is 0 Å². The molecule has 0 bridgehead atoms. The monoisotopic (exact) mass is 352 g/mol. The third-order valence-corrected chi connectivity index (χ3v) is 4.47. The van der Waals surface area contributed by atoms with Gasteiger partial charge in [-0.25, -0.2) is 5.43 Å². The predicted molar refractivity (Wildman–Crippen MR) is 89.0 cm³/mol. The maximum absolute atomic E-state index is 6.33. The van der Waals surface area contributed by atoms with Crippen LogP contribution in [0.5, 0.6) is 0 Å². The molecule has 2 aromatic carbocycles. The van der Waals surface area contributed by atoms with E-state index in [0.717, 1.165) is 15.6 Å². The van der Waals surface area contributed by atoms with Gasteiger partial charge in [0.05, 0.1) is 6.04 Å². The normalized spacial score (nSPS) is 12.5. The topological polar surface area (TPSA) is 38.0 Å². The summed E-state index contributed by atoms with van der Waals surface area (Å²) in [6, 6.07) is 10.0. The van der Waals surface area contributed by atoms with Gasteiger partial charge in [0, 0.05) is 9.50 Å². The van der Waals surface area contributed by atoms with E-state index in [2.05, 4.69) is 54.3 Å². The molecule has 1 unspecified atom stereocenters. The summed E-state index contributed by atoms with van der Waals surface area (Å²) < 4.78 is 0.985. The maximum Gasteiger partial charge on any atom is 0.0727 e. The highest BCUT2D eigenvalue weighted by atomic mass is 79.9. The van der Waals surface area contributed by atoms with E-state index in [1.54, 1.807) is 0 Å². The molecule has 2 aromatic rings. The number of nitrogens with two attached hydrogens (primary N) is 1. The van der Waals surface area contributed by atoms with Gasteiger partial charge < -0.3 is 0 Å². The average Bonchev–Trinajstić information content (AvgIpc) is 2.40. The first-order chi connectivity index (χ1) is 9.43. The van der Waals surface area contributed by atoms with Crippen molar-refractivity contribution in [1.82, 2.24) is 5.43 Å². The summed E-state index contributed by atoms with van der Waals surface area (Å²) in [6.07, 6.45) is 0. The molecule has 0 saturated carbocycles. The zero-order valence-electron chi connectivity index (χ0n) is 11.8. The van der Waals surface area contributed by atoms with Crippen LogP contribution in [0, 0.1) is 20.8 Å². The molecule has 4 heteroatoms. The molecule has 0 aliphatic rings. The molecule has 0 aliphatic carbocycles. The van der Waals surface area contributed by atoms with Crippen molar-refractivity contribution < 1.29 is 0 Å². The van der Waals surface area contributed by atoms with Crippen LogP contribution < -0.4 is 11.3 Å². The molecule has 106 valence electrons. The van der Waals surface area contributed by atoms with E-state index in [9.17, 15) is 0 Å². The highest BCUT2D eigenvalue weighted by molar-refractivity contribution is 9.10. The lowest BCUT2D eigenvalue weighted by atomic mass is 9.92. The van der Waals surface area contributed by atoms with Crippen LogP contribution in [0.4, 0.5) is 0 Å². The van der Waals surface area contributed by atoms with Crippen molar-refractivity contribution in [2.24, 2.45) is 5.84 Å². The van der Waals surface area contributed by atoms with Gasteiger partial charge in [0.1, 0.15) is 0 Å². The van der Waals surface area contributed by atoms with Crippen molar-refractivity contribution in [3.63, 3.8) is 0 Å². The molecule has 0 aliphatic heterocycles. The van der Waals surface area contributed by atoms with Crippen LogP contribution in [0.1, 0.15) is 33.9 Å². The van der Waals surface area contributed by atoms with Crippen LogP contribution in [0.25, 0.3) is 0 Å². The summed E-state index contributed by atoms with van der Waals surface area (Å²) in [7, 11) is 0. The lowest BCUT2D eigenvalue weighted by Gasteiger charge is -2.22. The number of hydrogen-bond donors (Lipinski definition) is 2. The Bertz CT molecular complexity index is 641. The Kier molecular flexibility index (Phi) is 4.86. The number of aryl methyl sites for hydroxylation is 3. The molecular weight excluding hydrogens is 336 g/mol. The van der Waals surface area contributed by atoms with Crippen LogP contribution in [0.15, 0.2) is 34.8 Å². The number of hydrazine groups is 1. The van der Waals surface area contributed by atoms with Gasteiger partial charge in [0.2, 0.25) is 0 Å². The average molecular weight is 354 g/mol. The highest BCUT2D eigenvalue weighted by Gasteiger charge is 2.18. The summed E-state index contributed by atoms with van der Waals surface area (Å²) in [5.41, 5.74) is 8.73. The number of nitrogens with one attached hydrogen (secondary N) is 1. The third-order valence-electron chi connectivity index (χ3n) is 3.63. The molecule has 0 fully saturated rings. The molecule has 1 atom stereocenters. The fourth-order valence-electron chi connectivity index (χ4n) is 2.38. The minimum Gasteiger partial charge on any atom is -0.271 e. The summed E-state index contributed by atoms with van der Waals surface area (Å²) in [5, 5.41) is 0.703. The molecule has 0 heterocycles. The first kappa shape index (κ1) is 15.5. The number of hydrogen-bond acceptors (Lipinski definition) is 2. The molecule has 0 amide bonds. The fourth-order valence-corrected chi connectivity index (χ4v) is 2.98. The Morgan fingerprint density at radius 2 is 1.65 bits per heavy atom. The second-order valence-electron chi connectivity index (χ2n) is 5.06. The molecule has 20 heavy (non-hydrogen) atoms. The van der Waals surface area contributed by atoms with E-state index in [0.29, 0.717) is 5.02 Å². The van der Waals surface area contributed by atoms with Crippen molar-refractivity contribution >= 4 is 27.5 Å². The zero-order valence-corrected chi connectivity index (χ0v) is 14.1. The summed E-state index contributed by atoms with van der Waals surface area (Å²) in [4.78, 5) is 0. The van der Waals surface area contributed by atoms with Crippen molar-refractivity contribution in [2.45, 2.75) is 26.8 Å². The molecule has 3 N–H and O–H groups in total. The van der Waals surface area contributed by atoms with Gasteiger partial charge in [0.25, 0.3) is 0 Å². The predicted octanol–water partition coefficient (Wildman–Crippen LogP) is 4.58. The minimum atomic E-state index is -0.126. The van der Waals surface area contributed by atoms with E-state index in [1.807, 2.05) is 18.2 Å². The first-order valence-electron chi connectivity index (χ1n) is 6.43. The van der Waals surface area contributed by atoms with Crippen molar-refractivity contribution in [1.29, 1.82) is 0 Å². The van der Waals surface area contributed by atoms with Gasteiger partial charge in [-0.2, -0.15) is 0 Å². The highest BCUT2D eigenvalue weighted by Crippen LogP contribution is 2.32. The Morgan fingerprint density at radius 1 is 1.00 bits per heavy atom. The van der Waals surface area contributed by atoms with Crippen molar-refractivity contribution in [2.75, 3.05) is 0 Å². The second kappa shape index (κ2) is 6.27. The van der Waals surface area contributed by atoms with Crippen LogP contribution in [0.3, 0.4) is 0 Å². The van der Waals surface area contributed by atoms with Crippen molar-refractivity contribution in [3.8, 4) is 0 Å². The molecular formula is C16H18BrClN2. The summed E-state index contributed by atoms with van der Waals surface area (Å²) in [6.45, 7) is 6.31. The zero-order chi connectivity index (χ0) is 14.9. The van der Waals surface area contributed by atoms with Gasteiger partial charge >= 0.3 is 0 Å². The van der Waals surface area contributed by atoms with E-state index in [1.165, 1.54) is 16.7 Å². The molecule has 2 rings (SSSR count). The molecule has 2 nitrogen and oxygen atoms in total. The largest absolute Gasteiger partial charge is 0.271 e. The number of benzene rings is 2.